The van der Waals surface area contributed by atoms with Crippen LogP contribution in [0, 0.1) is 6.92 Å². The minimum absolute atomic E-state index is 0.663. The van der Waals surface area contributed by atoms with E-state index in [0.29, 0.717) is 10.8 Å². The fourth-order valence-electron chi connectivity index (χ4n) is 1.57. The van der Waals surface area contributed by atoms with Gasteiger partial charge in [-0.25, -0.2) is 4.98 Å². The van der Waals surface area contributed by atoms with Gasteiger partial charge in [-0.1, -0.05) is 17.7 Å². The van der Waals surface area contributed by atoms with Crippen molar-refractivity contribution in [1.82, 2.24) is 9.97 Å². The lowest BCUT2D eigenvalue weighted by molar-refractivity contribution is 1.12. The summed E-state index contributed by atoms with van der Waals surface area (Å²) in [7, 11) is 0. The predicted molar refractivity (Wildman–Crippen MR) is 75.7 cm³/mol. The summed E-state index contributed by atoms with van der Waals surface area (Å²) in [6.07, 6.45) is 3.35. The Morgan fingerprint density at radius 1 is 1.22 bits per heavy atom. The Hall–Kier alpha value is -1.81. The summed E-state index contributed by atoms with van der Waals surface area (Å²) in [4.78, 5) is 8.51. The summed E-state index contributed by atoms with van der Waals surface area (Å²) in [6.45, 7) is 4.84. The van der Waals surface area contributed by atoms with Gasteiger partial charge >= 0.3 is 0 Å². The number of nitrogens with one attached hydrogen (secondary N) is 2. The van der Waals surface area contributed by atoms with Gasteiger partial charge in [0.2, 0.25) is 0 Å². The SMILES string of the molecule is CCNc1cncc(Nc2cc(C)ccc2Cl)n1. The van der Waals surface area contributed by atoms with Gasteiger partial charge in [0.1, 0.15) is 5.82 Å². The smallest absolute Gasteiger partial charge is 0.151 e. The minimum atomic E-state index is 0.663. The molecule has 0 unspecified atom stereocenters. The zero-order valence-electron chi connectivity index (χ0n) is 10.4. The Labute approximate surface area is 111 Å². The highest BCUT2D eigenvalue weighted by Gasteiger charge is 2.03. The zero-order chi connectivity index (χ0) is 13.0. The van der Waals surface area contributed by atoms with Crippen LogP contribution < -0.4 is 10.6 Å². The Balaban J connectivity index is 2.22. The molecule has 0 aliphatic heterocycles. The van der Waals surface area contributed by atoms with Crippen LogP contribution in [-0.2, 0) is 0 Å². The van der Waals surface area contributed by atoms with E-state index in [1.165, 1.54) is 0 Å². The first-order chi connectivity index (χ1) is 8.69. The number of rotatable bonds is 4. The molecule has 18 heavy (non-hydrogen) atoms. The first-order valence-electron chi connectivity index (χ1n) is 5.78. The molecule has 2 N–H and O–H groups in total. The van der Waals surface area contributed by atoms with Crippen molar-refractivity contribution in [2.45, 2.75) is 13.8 Å². The average Bonchev–Trinajstić information content (AvgIpc) is 2.35. The fraction of sp³-hybridized carbons (Fsp3) is 0.231. The van der Waals surface area contributed by atoms with Crippen molar-refractivity contribution < 1.29 is 0 Å². The van der Waals surface area contributed by atoms with E-state index in [4.69, 9.17) is 11.6 Å². The van der Waals surface area contributed by atoms with Crippen LogP contribution in [0.2, 0.25) is 5.02 Å². The highest BCUT2D eigenvalue weighted by Crippen LogP contribution is 2.25. The number of anilines is 3. The molecule has 4 nitrogen and oxygen atoms in total. The van der Waals surface area contributed by atoms with E-state index in [1.807, 2.05) is 32.0 Å². The van der Waals surface area contributed by atoms with Crippen LogP contribution in [0.1, 0.15) is 12.5 Å². The van der Waals surface area contributed by atoms with Gasteiger partial charge in [0.25, 0.3) is 0 Å². The van der Waals surface area contributed by atoms with Crippen molar-refractivity contribution in [3.63, 3.8) is 0 Å². The summed E-state index contributed by atoms with van der Waals surface area (Å²) >= 11 is 6.12. The molecule has 0 spiro atoms. The van der Waals surface area contributed by atoms with Crippen LogP contribution in [0.25, 0.3) is 0 Å². The lowest BCUT2D eigenvalue weighted by atomic mass is 10.2. The molecule has 0 atom stereocenters. The van der Waals surface area contributed by atoms with Gasteiger partial charge in [0.05, 0.1) is 23.1 Å². The van der Waals surface area contributed by atoms with Gasteiger partial charge in [-0.15, -0.1) is 0 Å². The van der Waals surface area contributed by atoms with Crippen molar-refractivity contribution in [1.29, 1.82) is 0 Å². The molecule has 1 aromatic carbocycles. The normalized spacial score (nSPS) is 10.2. The number of aryl methyl sites for hydroxylation is 1. The van der Waals surface area contributed by atoms with Gasteiger partial charge in [0.15, 0.2) is 5.82 Å². The van der Waals surface area contributed by atoms with Crippen molar-refractivity contribution in [3.05, 3.63) is 41.2 Å². The lowest BCUT2D eigenvalue weighted by Gasteiger charge is -2.09. The molecule has 0 aliphatic carbocycles. The van der Waals surface area contributed by atoms with Crippen molar-refractivity contribution in [3.8, 4) is 0 Å². The molecule has 0 amide bonds. The van der Waals surface area contributed by atoms with Crippen LogP contribution in [0.15, 0.2) is 30.6 Å². The lowest BCUT2D eigenvalue weighted by Crippen LogP contribution is -2.02. The number of nitrogens with zero attached hydrogens (tertiary/aromatic N) is 2. The van der Waals surface area contributed by atoms with E-state index < -0.39 is 0 Å². The van der Waals surface area contributed by atoms with Gasteiger partial charge in [-0.2, -0.15) is 0 Å². The number of hydrogen-bond donors (Lipinski definition) is 2. The van der Waals surface area contributed by atoms with Gasteiger partial charge in [0, 0.05) is 6.54 Å². The topological polar surface area (TPSA) is 49.8 Å². The summed E-state index contributed by atoms with van der Waals surface area (Å²) < 4.78 is 0. The Bertz CT molecular complexity index is 542. The molecule has 5 heteroatoms. The molecule has 0 fully saturated rings. The fourth-order valence-corrected chi connectivity index (χ4v) is 1.73. The molecule has 0 radical (unpaired) electrons. The Morgan fingerprint density at radius 3 is 2.78 bits per heavy atom. The Kier molecular flexibility index (Phi) is 3.99. The van der Waals surface area contributed by atoms with Crippen molar-refractivity contribution in [2.75, 3.05) is 17.2 Å². The standard InChI is InChI=1S/C13H15ClN4/c1-3-16-12-7-15-8-13(18-12)17-11-6-9(2)4-5-10(11)14/h4-8H,3H2,1-2H3,(H2,16,17,18). The monoisotopic (exact) mass is 262 g/mol. The summed E-state index contributed by atoms with van der Waals surface area (Å²) in [5.41, 5.74) is 1.97. The molecule has 2 rings (SSSR count). The third kappa shape index (κ3) is 3.11. The number of hydrogen-bond acceptors (Lipinski definition) is 4. The maximum atomic E-state index is 6.12. The van der Waals surface area contributed by atoms with Crippen molar-refractivity contribution in [2.24, 2.45) is 0 Å². The second-order valence-electron chi connectivity index (χ2n) is 3.93. The van der Waals surface area contributed by atoms with Crippen LogP contribution in [-0.4, -0.2) is 16.5 Å². The molecule has 94 valence electrons. The van der Waals surface area contributed by atoms with Crippen molar-refractivity contribution >= 4 is 28.9 Å². The number of aromatic nitrogens is 2. The maximum Gasteiger partial charge on any atom is 0.151 e. The van der Waals surface area contributed by atoms with Gasteiger partial charge in [-0.3, -0.25) is 4.98 Å². The third-order valence-corrected chi connectivity index (χ3v) is 2.71. The largest absolute Gasteiger partial charge is 0.369 e. The van der Waals surface area contributed by atoms with Crippen LogP contribution in [0.3, 0.4) is 0 Å². The molecule has 0 saturated carbocycles. The molecule has 0 bridgehead atoms. The quantitative estimate of drug-likeness (QED) is 0.884. The summed E-state index contributed by atoms with van der Waals surface area (Å²) in [5.74, 6) is 1.41. The minimum Gasteiger partial charge on any atom is -0.369 e. The van der Waals surface area contributed by atoms with Crippen LogP contribution in [0.5, 0.6) is 0 Å². The molecule has 1 aromatic heterocycles. The number of benzene rings is 1. The number of halogens is 1. The molecular formula is C13H15ClN4. The van der Waals surface area contributed by atoms with E-state index in [0.717, 1.165) is 23.6 Å². The third-order valence-electron chi connectivity index (χ3n) is 2.38. The summed E-state index contributed by atoms with van der Waals surface area (Å²) in [5, 5.41) is 6.94. The van der Waals surface area contributed by atoms with Crippen LogP contribution in [0.4, 0.5) is 17.3 Å². The second-order valence-corrected chi connectivity index (χ2v) is 4.34. The zero-order valence-corrected chi connectivity index (χ0v) is 11.1. The molecular weight excluding hydrogens is 248 g/mol. The summed E-state index contributed by atoms with van der Waals surface area (Å²) in [6, 6.07) is 5.80. The van der Waals surface area contributed by atoms with E-state index in [9.17, 15) is 0 Å². The highest BCUT2D eigenvalue weighted by molar-refractivity contribution is 6.33. The molecule has 0 saturated heterocycles. The van der Waals surface area contributed by atoms with E-state index in [1.54, 1.807) is 12.4 Å². The predicted octanol–water partition coefficient (Wildman–Crippen LogP) is 3.61. The van der Waals surface area contributed by atoms with Gasteiger partial charge < -0.3 is 10.6 Å². The van der Waals surface area contributed by atoms with Crippen LogP contribution >= 0.6 is 11.6 Å². The Morgan fingerprint density at radius 2 is 2.00 bits per heavy atom. The molecule has 2 aromatic rings. The van der Waals surface area contributed by atoms with E-state index >= 15 is 0 Å². The van der Waals surface area contributed by atoms with Gasteiger partial charge in [-0.05, 0) is 31.5 Å². The van der Waals surface area contributed by atoms with E-state index in [-0.39, 0.29) is 0 Å². The highest BCUT2D eigenvalue weighted by atomic mass is 35.5. The molecule has 1 heterocycles. The average molecular weight is 263 g/mol. The van der Waals surface area contributed by atoms with E-state index in [2.05, 4.69) is 20.6 Å². The second kappa shape index (κ2) is 5.69. The maximum absolute atomic E-state index is 6.12. The first-order valence-corrected chi connectivity index (χ1v) is 6.16. The molecule has 0 aliphatic rings. The first kappa shape index (κ1) is 12.6.